The molecule has 1 aliphatic heterocycles. The van der Waals surface area contributed by atoms with Gasteiger partial charge in [0.2, 0.25) is 5.91 Å². The lowest BCUT2D eigenvalue weighted by atomic mass is 10.1. The van der Waals surface area contributed by atoms with Crippen LogP contribution in [-0.4, -0.2) is 74.2 Å². The van der Waals surface area contributed by atoms with Crippen molar-refractivity contribution in [1.82, 2.24) is 20.4 Å². The van der Waals surface area contributed by atoms with Gasteiger partial charge in [-0.15, -0.1) is 35.7 Å². The molecule has 2 N–H and O–H groups in total. The van der Waals surface area contributed by atoms with Crippen molar-refractivity contribution in [2.24, 2.45) is 4.99 Å². The number of aryl methyl sites for hydroxylation is 1. The lowest BCUT2D eigenvalue weighted by Crippen LogP contribution is -2.50. The molecule has 8 heteroatoms. The summed E-state index contributed by atoms with van der Waals surface area (Å²) in [6.07, 6.45) is 2.11. The maximum atomic E-state index is 11.4. The van der Waals surface area contributed by atoms with E-state index >= 15 is 0 Å². The normalized spacial score (nSPS) is 15.3. The van der Waals surface area contributed by atoms with Crippen LogP contribution in [0.2, 0.25) is 0 Å². The average Bonchev–Trinajstić information content (AvgIpc) is 2.65. The van der Waals surface area contributed by atoms with Crippen molar-refractivity contribution in [3.05, 3.63) is 29.3 Å². The maximum Gasteiger partial charge on any atom is 0.219 e. The first-order valence-electron chi connectivity index (χ1n) is 9.09. The fraction of sp³-hybridized carbons (Fsp3) is 0.579. The number of carbonyl (C=O) groups excluding carboxylic acids is 1. The molecule has 27 heavy (non-hydrogen) atoms. The number of thioether (sulfide) groups is 1. The van der Waals surface area contributed by atoms with Gasteiger partial charge in [0, 0.05) is 64.7 Å². The van der Waals surface area contributed by atoms with Gasteiger partial charge in [-0.1, -0.05) is 12.1 Å². The Hall–Kier alpha value is -1.000. The second-order valence-corrected chi connectivity index (χ2v) is 7.36. The number of rotatable bonds is 6. The fourth-order valence-electron chi connectivity index (χ4n) is 3.02. The Balaban J connectivity index is 0.00000364. The van der Waals surface area contributed by atoms with Gasteiger partial charge in [-0.05, 0) is 30.4 Å². The van der Waals surface area contributed by atoms with Crippen LogP contribution in [-0.2, 0) is 11.3 Å². The van der Waals surface area contributed by atoms with Crippen LogP contribution in [0.25, 0.3) is 0 Å². The van der Waals surface area contributed by atoms with Crippen molar-refractivity contribution in [2.45, 2.75) is 25.3 Å². The largest absolute Gasteiger partial charge is 0.355 e. The zero-order chi connectivity index (χ0) is 18.9. The minimum atomic E-state index is 0. The summed E-state index contributed by atoms with van der Waals surface area (Å²) in [5.41, 5.74) is 2.57. The smallest absolute Gasteiger partial charge is 0.219 e. The van der Waals surface area contributed by atoms with E-state index in [-0.39, 0.29) is 29.9 Å². The summed E-state index contributed by atoms with van der Waals surface area (Å²) in [7, 11) is 1.80. The molecular formula is C19H32IN5OS. The van der Waals surface area contributed by atoms with Crippen molar-refractivity contribution < 1.29 is 4.79 Å². The number of aliphatic imine (C=N–C) groups is 1. The number of amides is 1. The zero-order valence-electron chi connectivity index (χ0n) is 16.7. The fourth-order valence-corrected chi connectivity index (χ4v) is 3.72. The van der Waals surface area contributed by atoms with Gasteiger partial charge in [-0.2, -0.15) is 0 Å². The first-order valence-corrected chi connectivity index (χ1v) is 10.3. The third-order valence-corrected chi connectivity index (χ3v) is 5.47. The average molecular weight is 505 g/mol. The molecule has 1 heterocycles. The summed E-state index contributed by atoms with van der Waals surface area (Å²) in [5, 5.41) is 6.77. The lowest BCUT2D eigenvalue weighted by Gasteiger charge is -2.34. The van der Waals surface area contributed by atoms with Crippen LogP contribution in [0.5, 0.6) is 0 Å². The number of halogens is 1. The molecule has 0 atom stereocenters. The first-order chi connectivity index (χ1) is 12.5. The zero-order valence-corrected chi connectivity index (χ0v) is 19.9. The van der Waals surface area contributed by atoms with Crippen LogP contribution in [0.3, 0.4) is 0 Å². The Morgan fingerprint density at radius 1 is 1.22 bits per heavy atom. The predicted molar refractivity (Wildman–Crippen MR) is 125 cm³/mol. The van der Waals surface area contributed by atoms with Crippen LogP contribution < -0.4 is 10.6 Å². The molecule has 0 bridgehead atoms. The molecule has 1 fully saturated rings. The van der Waals surface area contributed by atoms with Gasteiger partial charge < -0.3 is 15.5 Å². The molecule has 152 valence electrons. The topological polar surface area (TPSA) is 60.0 Å². The molecule has 1 aromatic rings. The summed E-state index contributed by atoms with van der Waals surface area (Å²) in [6, 6.07) is 6.54. The molecule has 0 spiro atoms. The first kappa shape index (κ1) is 24.0. The van der Waals surface area contributed by atoms with Gasteiger partial charge in [0.1, 0.15) is 0 Å². The standard InChI is InChI=1S/C19H31N5OS.HI/c1-15-5-6-17(18(13-15)26-4)14-22-19(20-3)21-7-8-23-9-11-24(12-10-23)16(2)25;/h5-6,13H,7-12,14H2,1-4H3,(H2,20,21,22);1H. The highest BCUT2D eigenvalue weighted by atomic mass is 127. The highest BCUT2D eigenvalue weighted by Crippen LogP contribution is 2.21. The van der Waals surface area contributed by atoms with E-state index in [0.29, 0.717) is 0 Å². The molecule has 1 amide bonds. The second-order valence-electron chi connectivity index (χ2n) is 6.52. The number of carbonyl (C=O) groups is 1. The van der Waals surface area contributed by atoms with Crippen LogP contribution in [0.15, 0.2) is 28.1 Å². The van der Waals surface area contributed by atoms with Gasteiger partial charge in [0.05, 0.1) is 0 Å². The monoisotopic (exact) mass is 505 g/mol. The number of hydrogen-bond acceptors (Lipinski definition) is 4. The molecule has 1 aromatic carbocycles. The van der Waals surface area contributed by atoms with E-state index in [9.17, 15) is 4.79 Å². The molecule has 0 radical (unpaired) electrons. The van der Waals surface area contributed by atoms with Gasteiger partial charge >= 0.3 is 0 Å². The maximum absolute atomic E-state index is 11.4. The SMILES string of the molecule is CN=C(NCCN1CCN(C(C)=O)CC1)NCc1ccc(C)cc1SC.I. The molecule has 2 rings (SSSR count). The number of piperazine rings is 1. The van der Waals surface area contributed by atoms with E-state index < -0.39 is 0 Å². The molecule has 0 aliphatic carbocycles. The summed E-state index contributed by atoms with van der Waals surface area (Å²) in [6.45, 7) is 9.84. The van der Waals surface area contributed by atoms with E-state index in [2.05, 4.69) is 51.9 Å². The number of benzene rings is 1. The Labute approximate surface area is 184 Å². The minimum absolute atomic E-state index is 0. The second kappa shape index (κ2) is 12.5. The van der Waals surface area contributed by atoms with Crippen LogP contribution in [0.1, 0.15) is 18.1 Å². The number of nitrogens with one attached hydrogen (secondary N) is 2. The van der Waals surface area contributed by atoms with E-state index in [1.165, 1.54) is 16.0 Å². The minimum Gasteiger partial charge on any atom is -0.355 e. The number of guanidine groups is 1. The van der Waals surface area contributed by atoms with Crippen molar-refractivity contribution in [1.29, 1.82) is 0 Å². The van der Waals surface area contributed by atoms with E-state index in [1.807, 2.05) is 4.90 Å². The predicted octanol–water partition coefficient (Wildman–Crippen LogP) is 2.16. The van der Waals surface area contributed by atoms with Crippen LogP contribution in [0, 0.1) is 6.92 Å². The van der Waals surface area contributed by atoms with E-state index in [0.717, 1.165) is 51.8 Å². The van der Waals surface area contributed by atoms with Crippen molar-refractivity contribution >= 4 is 47.6 Å². The van der Waals surface area contributed by atoms with E-state index in [1.54, 1.807) is 25.7 Å². The Kier molecular flexibility index (Phi) is 11.1. The van der Waals surface area contributed by atoms with Gasteiger partial charge in [0.25, 0.3) is 0 Å². The van der Waals surface area contributed by atoms with Crippen molar-refractivity contribution in [3.8, 4) is 0 Å². The Morgan fingerprint density at radius 2 is 1.93 bits per heavy atom. The highest BCUT2D eigenvalue weighted by Gasteiger charge is 2.17. The number of hydrogen-bond donors (Lipinski definition) is 2. The van der Waals surface area contributed by atoms with Crippen LogP contribution in [0.4, 0.5) is 0 Å². The molecule has 0 unspecified atom stereocenters. The van der Waals surface area contributed by atoms with E-state index in [4.69, 9.17) is 0 Å². The summed E-state index contributed by atoms with van der Waals surface area (Å²) in [5.74, 6) is 0.994. The van der Waals surface area contributed by atoms with Gasteiger partial charge in [-0.3, -0.25) is 14.7 Å². The van der Waals surface area contributed by atoms with Crippen molar-refractivity contribution in [3.63, 3.8) is 0 Å². The summed E-state index contributed by atoms with van der Waals surface area (Å²) < 4.78 is 0. The molecule has 0 aromatic heterocycles. The number of nitrogens with zero attached hydrogens (tertiary/aromatic N) is 3. The van der Waals surface area contributed by atoms with Crippen molar-refractivity contribution in [2.75, 3.05) is 52.6 Å². The molecule has 1 saturated heterocycles. The third-order valence-electron chi connectivity index (χ3n) is 4.65. The summed E-state index contributed by atoms with van der Waals surface area (Å²) >= 11 is 1.77. The quantitative estimate of drug-likeness (QED) is 0.269. The molecule has 0 saturated carbocycles. The molecule has 1 aliphatic rings. The van der Waals surface area contributed by atoms with Crippen LogP contribution >= 0.6 is 35.7 Å². The molecule has 6 nitrogen and oxygen atoms in total. The lowest BCUT2D eigenvalue weighted by molar-refractivity contribution is -0.130. The molecular weight excluding hydrogens is 473 g/mol. The highest BCUT2D eigenvalue weighted by molar-refractivity contribution is 14.0. The third kappa shape index (κ3) is 7.87. The van der Waals surface area contributed by atoms with Gasteiger partial charge in [0.15, 0.2) is 5.96 Å². The van der Waals surface area contributed by atoms with Gasteiger partial charge in [-0.25, -0.2) is 0 Å². The summed E-state index contributed by atoms with van der Waals surface area (Å²) in [4.78, 5) is 21.3. The Bertz CT molecular complexity index is 633. The Morgan fingerprint density at radius 3 is 2.52 bits per heavy atom.